The first-order valence-electron chi connectivity index (χ1n) is 11.6. The first-order valence-corrected chi connectivity index (χ1v) is 16.1. The Kier molecular flexibility index (Phi) is 6.86. The molecule has 0 aliphatic rings. The summed E-state index contributed by atoms with van der Waals surface area (Å²) in [6, 6.07) is 17.0. The van der Waals surface area contributed by atoms with E-state index in [9.17, 15) is 40.0 Å². The van der Waals surface area contributed by atoms with Crippen LogP contribution in [0.25, 0.3) is 32.9 Å². The fourth-order valence-corrected chi connectivity index (χ4v) is 11.2. The first kappa shape index (κ1) is 28.0. The molecule has 6 aromatic rings. The van der Waals surface area contributed by atoms with Crippen molar-refractivity contribution < 1.29 is 41.7 Å². The van der Waals surface area contributed by atoms with Gasteiger partial charge in [0, 0.05) is 0 Å². The van der Waals surface area contributed by atoms with Gasteiger partial charge in [0.25, 0.3) is 0 Å². The molecule has 6 rings (SSSR count). The third-order valence-corrected chi connectivity index (χ3v) is 13.3. The summed E-state index contributed by atoms with van der Waals surface area (Å²) < 4.78 is 113. The van der Waals surface area contributed by atoms with Gasteiger partial charge >= 0.3 is 240 Å². The molecule has 0 aliphatic carbocycles. The van der Waals surface area contributed by atoms with Gasteiger partial charge in [-0.15, -0.1) is 0 Å². The summed E-state index contributed by atoms with van der Waals surface area (Å²) in [6.07, 6.45) is 0. The van der Waals surface area contributed by atoms with Crippen LogP contribution in [0.3, 0.4) is 0 Å². The number of rotatable bonds is 5. The van der Waals surface area contributed by atoms with Crippen molar-refractivity contribution in [1.29, 1.82) is 0 Å². The summed E-state index contributed by atoms with van der Waals surface area (Å²) in [4.78, 5) is 22.9. The van der Waals surface area contributed by atoms with Crippen LogP contribution in [0, 0.1) is 36.2 Å². The predicted octanol–water partition coefficient (Wildman–Crippen LogP) is 6.61. The number of hydrogen-bond donors (Lipinski definition) is 0. The summed E-state index contributed by atoms with van der Waals surface area (Å²) >= 11 is -3.99. The molecule has 0 radical (unpaired) electrons. The van der Waals surface area contributed by atoms with Crippen molar-refractivity contribution in [2.45, 2.75) is 4.90 Å². The Bertz CT molecular complexity index is 2290. The quantitative estimate of drug-likeness (QED) is 0.0495. The standard InChI is InChI=1S/C28H12F5IO7S/c29-22-23(30)25(32)28(26(33)24(22)31)42(37,38)41-34(15-7-5-13-6-10-21(35)40-20(13)12-15)14-8-9-19-17(11-14)27(36)16-3-1-2-4-18(16)39-19/h1-12H. The predicted molar refractivity (Wildman–Crippen MR) is 148 cm³/mol. The Morgan fingerprint density at radius 1 is 0.619 bits per heavy atom. The van der Waals surface area contributed by atoms with Gasteiger partial charge in [0.15, 0.2) is 0 Å². The van der Waals surface area contributed by atoms with Crippen LogP contribution in [0.1, 0.15) is 0 Å². The maximum absolute atomic E-state index is 14.5. The van der Waals surface area contributed by atoms with E-state index in [-0.39, 0.29) is 34.7 Å². The van der Waals surface area contributed by atoms with Crippen molar-refractivity contribution >= 4 is 63.3 Å². The van der Waals surface area contributed by atoms with Gasteiger partial charge in [0.2, 0.25) is 0 Å². The second kappa shape index (κ2) is 10.3. The molecule has 0 saturated heterocycles. The molecule has 0 amide bonds. The second-order valence-electron chi connectivity index (χ2n) is 8.67. The molecule has 14 heteroatoms. The van der Waals surface area contributed by atoms with Crippen molar-refractivity contribution in [3.05, 3.63) is 130 Å². The van der Waals surface area contributed by atoms with Crippen LogP contribution in [0.2, 0.25) is 0 Å². The van der Waals surface area contributed by atoms with Crippen molar-refractivity contribution in [3.8, 4) is 0 Å². The number of halogens is 6. The fraction of sp³-hybridized carbons (Fsp3) is 0. The van der Waals surface area contributed by atoms with Crippen molar-refractivity contribution in [3.63, 3.8) is 0 Å². The Morgan fingerprint density at radius 3 is 1.95 bits per heavy atom. The van der Waals surface area contributed by atoms with Crippen molar-refractivity contribution in [2.24, 2.45) is 0 Å². The number of benzene rings is 4. The third kappa shape index (κ3) is 4.64. The van der Waals surface area contributed by atoms with Gasteiger partial charge in [0.1, 0.15) is 0 Å². The van der Waals surface area contributed by atoms with Gasteiger partial charge in [-0.25, -0.2) is 0 Å². The Labute approximate surface area is 238 Å². The number of hydrogen-bond acceptors (Lipinski definition) is 7. The van der Waals surface area contributed by atoms with Gasteiger partial charge in [-0.3, -0.25) is 0 Å². The van der Waals surface area contributed by atoms with E-state index < -0.39 is 75.4 Å². The topological polar surface area (TPSA) is 104 Å². The monoisotopic (exact) mass is 714 g/mol. The van der Waals surface area contributed by atoms with Gasteiger partial charge < -0.3 is 0 Å². The fourth-order valence-electron chi connectivity index (χ4n) is 4.14. The zero-order valence-corrected chi connectivity index (χ0v) is 23.4. The summed E-state index contributed by atoms with van der Waals surface area (Å²) in [5.74, 6) is -12.7. The summed E-state index contributed by atoms with van der Waals surface area (Å²) in [6.45, 7) is 0. The molecule has 0 bridgehead atoms. The molecule has 0 aliphatic heterocycles. The van der Waals surface area contributed by atoms with Crippen molar-refractivity contribution in [2.75, 3.05) is 0 Å². The molecule has 0 spiro atoms. The molecule has 0 atom stereocenters. The van der Waals surface area contributed by atoms with Gasteiger partial charge in [0.05, 0.1) is 0 Å². The summed E-state index contributed by atoms with van der Waals surface area (Å²) in [5.41, 5.74) is -0.786. The van der Waals surface area contributed by atoms with Crippen LogP contribution in [0.15, 0.2) is 96.1 Å². The normalized spacial score (nSPS) is 12.4. The molecule has 2 aromatic heterocycles. The van der Waals surface area contributed by atoms with E-state index in [1.165, 1.54) is 48.5 Å². The van der Waals surface area contributed by atoms with E-state index in [1.807, 2.05) is 0 Å². The molecule has 0 fully saturated rings. The van der Waals surface area contributed by atoms with E-state index in [4.69, 9.17) is 11.3 Å². The van der Waals surface area contributed by atoms with Crippen molar-refractivity contribution in [1.82, 2.24) is 0 Å². The zero-order chi connectivity index (χ0) is 29.9. The molecule has 0 saturated carbocycles. The second-order valence-corrected chi connectivity index (χ2v) is 15.1. The first-order chi connectivity index (χ1) is 20.0. The van der Waals surface area contributed by atoms with E-state index in [0.29, 0.717) is 5.39 Å². The van der Waals surface area contributed by atoms with Crippen LogP contribution < -0.4 is 11.1 Å². The Balaban J connectivity index is 1.58. The maximum atomic E-state index is 14.5. The van der Waals surface area contributed by atoms with Gasteiger partial charge in [-0.1, -0.05) is 0 Å². The van der Waals surface area contributed by atoms with Crippen LogP contribution in [0.4, 0.5) is 22.0 Å². The van der Waals surface area contributed by atoms with Crippen LogP contribution in [0.5, 0.6) is 0 Å². The van der Waals surface area contributed by atoms with Crippen LogP contribution in [-0.2, 0) is 12.6 Å². The molecular formula is C28H12F5IO7S. The van der Waals surface area contributed by atoms with Crippen LogP contribution >= 0.6 is 20.2 Å². The van der Waals surface area contributed by atoms with E-state index in [2.05, 4.69) is 0 Å². The number of para-hydroxylation sites is 1. The molecule has 214 valence electrons. The average molecular weight is 714 g/mol. The molecule has 4 aromatic carbocycles. The Hall–Kier alpha value is -4.15. The minimum atomic E-state index is -5.66. The molecular weight excluding hydrogens is 702 g/mol. The Morgan fingerprint density at radius 2 is 1.21 bits per heavy atom. The minimum absolute atomic E-state index is 0.00540. The number of fused-ring (bicyclic) bond motifs is 3. The molecule has 42 heavy (non-hydrogen) atoms. The molecule has 7 nitrogen and oxygen atoms in total. The molecule has 2 heterocycles. The molecule has 0 unspecified atom stereocenters. The van der Waals surface area contributed by atoms with Gasteiger partial charge in [-0.2, -0.15) is 0 Å². The van der Waals surface area contributed by atoms with Crippen LogP contribution in [-0.4, -0.2) is 8.42 Å². The average Bonchev–Trinajstić information content (AvgIpc) is 2.97. The summed E-state index contributed by atoms with van der Waals surface area (Å²) in [7, 11) is -5.66. The van der Waals surface area contributed by atoms with Gasteiger partial charge in [-0.05, 0) is 0 Å². The van der Waals surface area contributed by atoms with E-state index >= 15 is 0 Å². The van der Waals surface area contributed by atoms with E-state index in [1.54, 1.807) is 18.2 Å². The van der Waals surface area contributed by atoms with E-state index in [0.717, 1.165) is 6.07 Å². The zero-order valence-electron chi connectivity index (χ0n) is 20.5. The molecule has 0 N–H and O–H groups in total. The third-order valence-electron chi connectivity index (χ3n) is 6.08. The SMILES string of the molecule is O=c1ccc2ccc(I(OS(=O)(=O)c3c(F)c(F)c(F)c(F)c3F)c3ccc4oc5ccccc5c(=O)c4c3)cc2o1. The summed E-state index contributed by atoms with van der Waals surface area (Å²) in [5, 5.41) is 0.658.